The summed E-state index contributed by atoms with van der Waals surface area (Å²) in [5, 5.41) is 0. The van der Waals surface area contributed by atoms with Crippen molar-refractivity contribution in [1.29, 1.82) is 0 Å². The molecule has 0 aromatic heterocycles. The Hall–Kier alpha value is -1.32. The topological polar surface area (TPSA) is 58.6 Å². The maximum atomic E-state index is 13.5. The number of anilines is 1. The zero-order chi connectivity index (χ0) is 17.3. The van der Waals surface area contributed by atoms with Gasteiger partial charge in [-0.2, -0.15) is 17.9 Å². The first-order valence-corrected chi connectivity index (χ1v) is 8.52. The lowest BCUT2D eigenvalue weighted by Gasteiger charge is -2.38. The standard InChI is InChI=1S/C14H19F3N2O3S/c1-19(2)11-4-3-5-12(10-11)23(20,21)18-13(14(15,16)17)6-8-22-9-7-13/h3-5,10,18H,6-9H2,1-2H3. The van der Waals surface area contributed by atoms with Gasteiger partial charge in [-0.05, 0) is 31.0 Å². The van der Waals surface area contributed by atoms with Gasteiger partial charge in [-0.3, -0.25) is 0 Å². The molecule has 2 rings (SSSR count). The van der Waals surface area contributed by atoms with Crippen molar-refractivity contribution in [3.05, 3.63) is 24.3 Å². The molecule has 1 heterocycles. The lowest BCUT2D eigenvalue weighted by atomic mass is 9.91. The first-order chi connectivity index (χ1) is 10.6. The molecule has 0 aliphatic carbocycles. The van der Waals surface area contributed by atoms with Crippen molar-refractivity contribution in [2.75, 3.05) is 32.2 Å². The molecule has 0 unspecified atom stereocenters. The zero-order valence-corrected chi connectivity index (χ0v) is 13.7. The van der Waals surface area contributed by atoms with Crippen LogP contribution in [0.25, 0.3) is 0 Å². The molecule has 0 saturated carbocycles. The Bertz CT molecular complexity index is 653. The Morgan fingerprint density at radius 1 is 1.22 bits per heavy atom. The van der Waals surface area contributed by atoms with Crippen LogP contribution in [0.4, 0.5) is 18.9 Å². The third kappa shape index (κ3) is 3.78. The number of hydrogen-bond donors (Lipinski definition) is 1. The summed E-state index contributed by atoms with van der Waals surface area (Å²) in [5.74, 6) is 0. The Balaban J connectivity index is 2.37. The summed E-state index contributed by atoms with van der Waals surface area (Å²) in [6.07, 6.45) is -5.57. The van der Waals surface area contributed by atoms with Crippen molar-refractivity contribution < 1.29 is 26.3 Å². The van der Waals surface area contributed by atoms with Crippen LogP contribution in [-0.2, 0) is 14.8 Å². The Morgan fingerprint density at radius 3 is 2.35 bits per heavy atom. The molecule has 0 radical (unpaired) electrons. The molecule has 1 saturated heterocycles. The van der Waals surface area contributed by atoms with Crippen LogP contribution in [-0.4, -0.2) is 47.4 Å². The summed E-state index contributed by atoms with van der Waals surface area (Å²) < 4.78 is 72.1. The van der Waals surface area contributed by atoms with Crippen LogP contribution in [0.3, 0.4) is 0 Å². The molecule has 1 N–H and O–H groups in total. The highest BCUT2D eigenvalue weighted by Crippen LogP contribution is 2.39. The van der Waals surface area contributed by atoms with E-state index in [4.69, 9.17) is 4.74 Å². The number of rotatable bonds is 4. The fourth-order valence-corrected chi connectivity index (χ4v) is 3.89. The van der Waals surface area contributed by atoms with E-state index in [2.05, 4.69) is 0 Å². The predicted molar refractivity (Wildman–Crippen MR) is 79.9 cm³/mol. The molecular weight excluding hydrogens is 333 g/mol. The number of halogens is 3. The summed E-state index contributed by atoms with van der Waals surface area (Å²) in [7, 11) is -0.876. The molecule has 1 aromatic rings. The summed E-state index contributed by atoms with van der Waals surface area (Å²) in [4.78, 5) is 1.48. The van der Waals surface area contributed by atoms with E-state index in [1.807, 2.05) is 4.72 Å². The zero-order valence-electron chi connectivity index (χ0n) is 12.9. The molecule has 0 spiro atoms. The summed E-state index contributed by atoms with van der Waals surface area (Å²) in [6.45, 7) is -0.278. The molecule has 1 aliphatic rings. The van der Waals surface area contributed by atoms with Crippen LogP contribution < -0.4 is 9.62 Å². The number of sulfonamides is 1. The fourth-order valence-electron chi connectivity index (χ4n) is 2.41. The van der Waals surface area contributed by atoms with Crippen molar-refractivity contribution >= 4 is 15.7 Å². The van der Waals surface area contributed by atoms with Crippen molar-refractivity contribution in [3.8, 4) is 0 Å². The molecule has 0 bridgehead atoms. The van der Waals surface area contributed by atoms with Crippen molar-refractivity contribution in [3.63, 3.8) is 0 Å². The van der Waals surface area contributed by atoms with Gasteiger partial charge < -0.3 is 9.64 Å². The minimum atomic E-state index is -4.69. The van der Waals surface area contributed by atoms with Crippen LogP contribution in [0, 0.1) is 0 Å². The average molecular weight is 352 g/mol. The monoisotopic (exact) mass is 352 g/mol. The van der Waals surface area contributed by atoms with Crippen LogP contribution in [0.5, 0.6) is 0 Å². The van der Waals surface area contributed by atoms with Gasteiger partial charge in [-0.1, -0.05) is 6.07 Å². The van der Waals surface area contributed by atoms with Crippen LogP contribution in [0.15, 0.2) is 29.2 Å². The van der Waals surface area contributed by atoms with Crippen LogP contribution in [0.1, 0.15) is 12.8 Å². The van der Waals surface area contributed by atoms with Crippen molar-refractivity contribution in [2.24, 2.45) is 0 Å². The van der Waals surface area contributed by atoms with Gasteiger partial charge in [0, 0.05) is 33.0 Å². The van der Waals surface area contributed by atoms with E-state index in [-0.39, 0.29) is 18.1 Å². The fraction of sp³-hybridized carbons (Fsp3) is 0.571. The molecule has 9 heteroatoms. The molecule has 23 heavy (non-hydrogen) atoms. The lowest BCUT2D eigenvalue weighted by Crippen LogP contribution is -2.61. The van der Waals surface area contributed by atoms with E-state index in [1.165, 1.54) is 18.2 Å². The highest BCUT2D eigenvalue weighted by atomic mass is 32.2. The minimum Gasteiger partial charge on any atom is -0.381 e. The highest BCUT2D eigenvalue weighted by Gasteiger charge is 2.57. The maximum absolute atomic E-state index is 13.5. The van der Waals surface area contributed by atoms with E-state index >= 15 is 0 Å². The Morgan fingerprint density at radius 2 is 1.83 bits per heavy atom. The quantitative estimate of drug-likeness (QED) is 0.902. The third-order valence-corrected chi connectivity index (χ3v) is 5.40. The van der Waals surface area contributed by atoms with E-state index < -0.39 is 34.6 Å². The second kappa shape index (κ2) is 6.29. The maximum Gasteiger partial charge on any atom is 0.407 e. The van der Waals surface area contributed by atoms with Gasteiger partial charge in [0.2, 0.25) is 10.0 Å². The minimum absolute atomic E-state index is 0.139. The number of alkyl halides is 3. The van der Waals surface area contributed by atoms with Gasteiger partial charge in [-0.25, -0.2) is 8.42 Å². The summed E-state index contributed by atoms with van der Waals surface area (Å²) in [5.41, 5.74) is -1.90. The molecule has 1 aliphatic heterocycles. The van der Waals surface area contributed by atoms with Gasteiger partial charge >= 0.3 is 6.18 Å². The van der Waals surface area contributed by atoms with E-state index in [0.717, 1.165) is 0 Å². The van der Waals surface area contributed by atoms with Crippen LogP contribution >= 0.6 is 0 Å². The van der Waals surface area contributed by atoms with Gasteiger partial charge in [0.15, 0.2) is 0 Å². The second-order valence-electron chi connectivity index (χ2n) is 5.69. The van der Waals surface area contributed by atoms with E-state index in [1.54, 1.807) is 25.1 Å². The van der Waals surface area contributed by atoms with E-state index in [0.29, 0.717) is 5.69 Å². The second-order valence-corrected chi connectivity index (χ2v) is 7.37. The van der Waals surface area contributed by atoms with Gasteiger partial charge in [-0.15, -0.1) is 0 Å². The average Bonchev–Trinajstić information content (AvgIpc) is 2.47. The lowest BCUT2D eigenvalue weighted by molar-refractivity contribution is -0.210. The SMILES string of the molecule is CN(C)c1cccc(S(=O)(=O)NC2(C(F)(F)F)CCOCC2)c1. The van der Waals surface area contributed by atoms with Gasteiger partial charge in [0.25, 0.3) is 0 Å². The predicted octanol–water partition coefficient (Wildman–Crippen LogP) is 2.14. The van der Waals surface area contributed by atoms with Gasteiger partial charge in [0.05, 0.1) is 4.90 Å². The normalized spacial score (nSPS) is 18.7. The smallest absolute Gasteiger partial charge is 0.381 e. The first-order valence-electron chi connectivity index (χ1n) is 7.03. The van der Waals surface area contributed by atoms with E-state index in [9.17, 15) is 21.6 Å². The first kappa shape index (κ1) is 18.0. The number of hydrogen-bond acceptors (Lipinski definition) is 4. The van der Waals surface area contributed by atoms with Crippen molar-refractivity contribution in [1.82, 2.24) is 4.72 Å². The molecule has 0 atom stereocenters. The summed E-state index contributed by atoms with van der Waals surface area (Å²) >= 11 is 0. The molecule has 1 fully saturated rings. The third-order valence-electron chi connectivity index (χ3n) is 3.86. The number of nitrogens with one attached hydrogen (secondary N) is 1. The molecular formula is C14H19F3N2O3S. The largest absolute Gasteiger partial charge is 0.407 e. The molecule has 130 valence electrons. The summed E-state index contributed by atoms with van der Waals surface area (Å²) in [6, 6.07) is 5.78. The van der Waals surface area contributed by atoms with Gasteiger partial charge in [0.1, 0.15) is 5.54 Å². The number of ether oxygens (including phenoxy) is 1. The molecule has 0 amide bonds. The molecule has 5 nitrogen and oxygen atoms in total. The Labute approximate surface area is 133 Å². The highest BCUT2D eigenvalue weighted by molar-refractivity contribution is 7.89. The van der Waals surface area contributed by atoms with Crippen molar-refractivity contribution in [2.45, 2.75) is 29.5 Å². The van der Waals surface area contributed by atoms with Crippen LogP contribution in [0.2, 0.25) is 0 Å². The number of benzene rings is 1. The Kier molecular flexibility index (Phi) is 4.93. The molecule has 1 aromatic carbocycles. The number of nitrogens with zero attached hydrogens (tertiary/aromatic N) is 1.